The minimum absolute atomic E-state index is 0.485. The average molecular weight is 253 g/mol. The molecule has 1 rings (SSSR count). The fourth-order valence-electron chi connectivity index (χ4n) is 3.16. The van der Waals surface area contributed by atoms with Gasteiger partial charge in [-0.3, -0.25) is 0 Å². The van der Waals surface area contributed by atoms with Crippen LogP contribution in [0.4, 0.5) is 0 Å². The van der Waals surface area contributed by atoms with E-state index in [9.17, 15) is 0 Å². The van der Waals surface area contributed by atoms with E-state index >= 15 is 0 Å². The van der Waals surface area contributed by atoms with Crippen molar-refractivity contribution in [3.63, 3.8) is 0 Å². The van der Waals surface area contributed by atoms with Gasteiger partial charge in [-0.15, -0.1) is 0 Å². The van der Waals surface area contributed by atoms with Crippen molar-refractivity contribution < 1.29 is 0 Å². The largest absolute Gasteiger partial charge is 0.314 e. The Bertz CT molecular complexity index is 198. The van der Waals surface area contributed by atoms with E-state index in [0.717, 1.165) is 18.5 Å². The van der Waals surface area contributed by atoms with Gasteiger partial charge in [-0.25, -0.2) is 0 Å². The molecule has 0 aromatic carbocycles. The van der Waals surface area contributed by atoms with Gasteiger partial charge in [-0.05, 0) is 43.6 Å². The van der Waals surface area contributed by atoms with Crippen molar-refractivity contribution in [2.75, 3.05) is 6.54 Å². The second-order valence-corrected chi connectivity index (χ2v) is 7.44. The third-order valence-corrected chi connectivity index (χ3v) is 4.38. The molecule has 1 saturated carbocycles. The maximum atomic E-state index is 3.69. The van der Waals surface area contributed by atoms with E-state index in [-0.39, 0.29) is 0 Å². The molecule has 18 heavy (non-hydrogen) atoms. The highest BCUT2D eigenvalue weighted by molar-refractivity contribution is 4.74. The van der Waals surface area contributed by atoms with Crippen LogP contribution in [0.15, 0.2) is 0 Å². The molecule has 1 unspecified atom stereocenters. The fourth-order valence-corrected chi connectivity index (χ4v) is 3.16. The van der Waals surface area contributed by atoms with E-state index < -0.39 is 0 Å². The van der Waals surface area contributed by atoms with Crippen molar-refractivity contribution in [1.82, 2.24) is 5.32 Å². The highest BCUT2D eigenvalue weighted by atomic mass is 14.9. The maximum absolute atomic E-state index is 3.69. The predicted octanol–water partition coefficient (Wildman–Crippen LogP) is 5.15. The zero-order valence-electron chi connectivity index (χ0n) is 13.2. The molecule has 0 bridgehead atoms. The number of rotatable bonds is 7. The Morgan fingerprint density at radius 3 is 2.28 bits per heavy atom. The first-order chi connectivity index (χ1) is 8.51. The average Bonchev–Trinajstić information content (AvgIpc) is 2.33. The predicted molar refractivity (Wildman–Crippen MR) is 82.0 cm³/mol. The lowest BCUT2D eigenvalue weighted by atomic mass is 9.83. The van der Waals surface area contributed by atoms with Crippen LogP contribution in [0.3, 0.4) is 0 Å². The molecular weight excluding hydrogens is 218 g/mol. The molecule has 1 atom stereocenters. The highest BCUT2D eigenvalue weighted by Crippen LogP contribution is 2.29. The van der Waals surface area contributed by atoms with Crippen molar-refractivity contribution >= 4 is 0 Å². The molecule has 0 saturated heterocycles. The molecular formula is C17H35N. The monoisotopic (exact) mass is 253 g/mol. The maximum Gasteiger partial charge on any atom is 0.00672 e. The molecule has 0 amide bonds. The summed E-state index contributed by atoms with van der Waals surface area (Å²) in [5, 5.41) is 3.69. The quantitative estimate of drug-likeness (QED) is 0.661. The van der Waals surface area contributed by atoms with E-state index in [1.165, 1.54) is 57.8 Å². The Labute approximate surface area is 115 Å². The second kappa shape index (κ2) is 8.19. The van der Waals surface area contributed by atoms with Crippen LogP contribution in [0.1, 0.15) is 85.5 Å². The van der Waals surface area contributed by atoms with Crippen LogP contribution < -0.4 is 5.32 Å². The zero-order valence-corrected chi connectivity index (χ0v) is 13.2. The van der Waals surface area contributed by atoms with Crippen LogP contribution in [-0.4, -0.2) is 12.6 Å². The van der Waals surface area contributed by atoms with Crippen molar-refractivity contribution in [3.05, 3.63) is 0 Å². The zero-order chi connectivity index (χ0) is 13.4. The summed E-state index contributed by atoms with van der Waals surface area (Å²) in [6.45, 7) is 10.4. The summed E-state index contributed by atoms with van der Waals surface area (Å²) in [6, 6.07) is 0.760. The topological polar surface area (TPSA) is 12.0 Å². The second-order valence-electron chi connectivity index (χ2n) is 7.44. The molecule has 1 heteroatoms. The van der Waals surface area contributed by atoms with E-state index in [2.05, 4.69) is 33.0 Å². The SMILES string of the molecule is CCNC(CCC1CCCCC1)CCC(C)(C)C. The van der Waals surface area contributed by atoms with Gasteiger partial charge in [0.25, 0.3) is 0 Å². The van der Waals surface area contributed by atoms with E-state index in [0.29, 0.717) is 5.41 Å². The minimum Gasteiger partial charge on any atom is -0.314 e. The Morgan fingerprint density at radius 1 is 1.06 bits per heavy atom. The van der Waals surface area contributed by atoms with Gasteiger partial charge in [0.2, 0.25) is 0 Å². The first-order valence-corrected chi connectivity index (χ1v) is 8.24. The van der Waals surface area contributed by atoms with Crippen LogP contribution in [-0.2, 0) is 0 Å². The summed E-state index contributed by atoms with van der Waals surface area (Å²) in [4.78, 5) is 0. The van der Waals surface area contributed by atoms with Gasteiger partial charge in [-0.2, -0.15) is 0 Å². The molecule has 1 nitrogen and oxygen atoms in total. The number of hydrogen-bond donors (Lipinski definition) is 1. The normalized spacial score (nSPS) is 20.0. The van der Waals surface area contributed by atoms with Crippen LogP contribution in [0.2, 0.25) is 0 Å². The van der Waals surface area contributed by atoms with Crippen molar-refractivity contribution in [1.29, 1.82) is 0 Å². The van der Waals surface area contributed by atoms with E-state index in [1.807, 2.05) is 0 Å². The molecule has 0 heterocycles. The van der Waals surface area contributed by atoms with Crippen LogP contribution in [0, 0.1) is 11.3 Å². The minimum atomic E-state index is 0.485. The summed E-state index contributed by atoms with van der Waals surface area (Å²) in [5.74, 6) is 1.04. The van der Waals surface area contributed by atoms with Crippen LogP contribution >= 0.6 is 0 Å². The first-order valence-electron chi connectivity index (χ1n) is 8.24. The molecule has 0 aromatic heterocycles. The van der Waals surface area contributed by atoms with Gasteiger partial charge in [0.05, 0.1) is 0 Å². The third kappa shape index (κ3) is 7.41. The van der Waals surface area contributed by atoms with Crippen LogP contribution in [0.5, 0.6) is 0 Å². The Balaban J connectivity index is 2.23. The van der Waals surface area contributed by atoms with Gasteiger partial charge < -0.3 is 5.32 Å². The molecule has 0 aromatic rings. The lowest BCUT2D eigenvalue weighted by Crippen LogP contribution is -2.30. The summed E-state index contributed by atoms with van der Waals surface area (Å²) in [5.41, 5.74) is 0.485. The Kier molecular flexibility index (Phi) is 7.29. The first kappa shape index (κ1) is 16.0. The van der Waals surface area contributed by atoms with Crippen molar-refractivity contribution in [2.24, 2.45) is 11.3 Å². The molecule has 108 valence electrons. The smallest absolute Gasteiger partial charge is 0.00672 e. The van der Waals surface area contributed by atoms with Crippen LogP contribution in [0.25, 0.3) is 0 Å². The lowest BCUT2D eigenvalue weighted by Gasteiger charge is -2.27. The van der Waals surface area contributed by atoms with Gasteiger partial charge in [0, 0.05) is 6.04 Å². The van der Waals surface area contributed by atoms with Gasteiger partial charge in [0.1, 0.15) is 0 Å². The molecule has 1 aliphatic carbocycles. The lowest BCUT2D eigenvalue weighted by molar-refractivity contribution is 0.287. The molecule has 1 fully saturated rings. The molecule has 0 radical (unpaired) electrons. The Morgan fingerprint density at radius 2 is 1.72 bits per heavy atom. The highest BCUT2D eigenvalue weighted by Gasteiger charge is 2.18. The summed E-state index contributed by atoms with van der Waals surface area (Å²) in [6.07, 6.45) is 13.0. The van der Waals surface area contributed by atoms with Gasteiger partial charge in [-0.1, -0.05) is 59.8 Å². The van der Waals surface area contributed by atoms with E-state index in [1.54, 1.807) is 0 Å². The Hall–Kier alpha value is -0.0400. The number of nitrogens with one attached hydrogen (secondary N) is 1. The summed E-state index contributed by atoms with van der Waals surface area (Å²) >= 11 is 0. The third-order valence-electron chi connectivity index (χ3n) is 4.38. The molecule has 1 aliphatic rings. The molecule has 1 N–H and O–H groups in total. The van der Waals surface area contributed by atoms with Crippen molar-refractivity contribution in [2.45, 2.75) is 91.5 Å². The fraction of sp³-hybridized carbons (Fsp3) is 1.00. The summed E-state index contributed by atoms with van der Waals surface area (Å²) in [7, 11) is 0. The van der Waals surface area contributed by atoms with Crippen molar-refractivity contribution in [3.8, 4) is 0 Å². The molecule has 0 spiro atoms. The molecule has 0 aliphatic heterocycles. The van der Waals surface area contributed by atoms with Gasteiger partial charge in [0.15, 0.2) is 0 Å². The van der Waals surface area contributed by atoms with Gasteiger partial charge >= 0.3 is 0 Å². The number of hydrogen-bond acceptors (Lipinski definition) is 1. The summed E-state index contributed by atoms with van der Waals surface area (Å²) < 4.78 is 0. The standard InChI is InChI=1S/C17H35N/c1-5-18-16(13-14-17(2,3)4)12-11-15-9-7-6-8-10-15/h15-16,18H,5-14H2,1-4H3. The van der Waals surface area contributed by atoms with E-state index in [4.69, 9.17) is 0 Å².